The molecule has 2 atom stereocenters. The van der Waals surface area contributed by atoms with Crippen LogP contribution in [0.4, 0.5) is 5.69 Å². The lowest BCUT2D eigenvalue weighted by Gasteiger charge is -2.36. The van der Waals surface area contributed by atoms with E-state index in [2.05, 4.69) is 21.1 Å². The largest absolute Gasteiger partial charge is 0.359 e. The predicted molar refractivity (Wildman–Crippen MR) is 157 cm³/mol. The summed E-state index contributed by atoms with van der Waals surface area (Å²) >= 11 is 0. The molecule has 0 bridgehead atoms. The molecule has 1 saturated carbocycles. The van der Waals surface area contributed by atoms with E-state index in [0.717, 1.165) is 52.4 Å². The summed E-state index contributed by atoms with van der Waals surface area (Å²) in [6.07, 6.45) is 7.64. The number of hydrogen-bond acceptors (Lipinski definition) is 6. The number of hydrazine groups is 1. The van der Waals surface area contributed by atoms with E-state index >= 15 is 0 Å². The lowest BCUT2D eigenvalue weighted by Crippen LogP contribution is -2.44. The zero-order valence-electron chi connectivity index (χ0n) is 23.9. The van der Waals surface area contributed by atoms with Gasteiger partial charge in [0.1, 0.15) is 0 Å². The number of nitrogens with one attached hydrogen (secondary N) is 2. The molecular weight excluding hydrogens is 542 g/mol. The number of fused-ring (bicyclic) bond motifs is 5. The van der Waals surface area contributed by atoms with Gasteiger partial charge in [-0.05, 0) is 53.7 Å². The summed E-state index contributed by atoms with van der Waals surface area (Å²) in [7, 11) is 0.266. The van der Waals surface area contributed by atoms with E-state index in [1.165, 1.54) is 39.5 Å². The highest BCUT2D eigenvalue weighted by atomic mass is 32.2. The molecular formula is C30H37N5O5S. The predicted octanol–water partition coefficient (Wildman–Crippen LogP) is 3.35. The highest BCUT2D eigenvalue weighted by Gasteiger charge is 2.46. The van der Waals surface area contributed by atoms with Gasteiger partial charge >= 0.3 is 10.2 Å². The zero-order valence-corrected chi connectivity index (χ0v) is 24.7. The van der Waals surface area contributed by atoms with Crippen molar-refractivity contribution in [2.45, 2.75) is 51.0 Å². The fourth-order valence-corrected chi connectivity index (χ4v) is 7.04. The summed E-state index contributed by atoms with van der Waals surface area (Å²) in [4.78, 5) is 40.5. The van der Waals surface area contributed by atoms with Crippen LogP contribution < -0.4 is 15.0 Å². The molecule has 3 aliphatic rings. The average Bonchev–Trinajstić information content (AvgIpc) is 3.14. The Bertz CT molecular complexity index is 1510. The molecule has 2 unspecified atom stereocenters. The Morgan fingerprint density at radius 2 is 1.66 bits per heavy atom. The van der Waals surface area contributed by atoms with E-state index < -0.39 is 16.1 Å². The molecule has 10 nitrogen and oxygen atoms in total. The molecule has 2 aromatic carbocycles. The third-order valence-electron chi connectivity index (χ3n) is 8.39. The van der Waals surface area contributed by atoms with Gasteiger partial charge in [-0.3, -0.25) is 24.8 Å². The molecule has 0 radical (unpaired) electrons. The van der Waals surface area contributed by atoms with Crippen molar-refractivity contribution >= 4 is 39.7 Å². The van der Waals surface area contributed by atoms with Crippen molar-refractivity contribution in [3.8, 4) is 0 Å². The van der Waals surface area contributed by atoms with Crippen molar-refractivity contribution in [3.63, 3.8) is 0 Å². The van der Waals surface area contributed by atoms with Crippen LogP contribution in [0.5, 0.6) is 0 Å². The van der Waals surface area contributed by atoms with Crippen LogP contribution in [0.15, 0.2) is 48.0 Å². The number of hydrogen-bond donors (Lipinski definition) is 2. The first kappa shape index (κ1) is 28.8. The minimum atomic E-state index is -3.97. The summed E-state index contributed by atoms with van der Waals surface area (Å²) in [5.74, 6) is -0.819. The maximum atomic E-state index is 13.6. The number of rotatable bonds is 5. The molecule has 11 heteroatoms. The number of likely N-dealkylation sites (N-methyl/N-ethyl adjacent to an activating group) is 1. The van der Waals surface area contributed by atoms with Gasteiger partial charge in [0.05, 0.1) is 6.04 Å². The van der Waals surface area contributed by atoms with E-state index in [-0.39, 0.29) is 35.9 Å². The molecule has 0 spiro atoms. The van der Waals surface area contributed by atoms with Crippen LogP contribution in [0.1, 0.15) is 78.0 Å². The topological polar surface area (TPSA) is 119 Å². The van der Waals surface area contributed by atoms with E-state index in [4.69, 9.17) is 0 Å². The Balaban J connectivity index is 1.62. The third kappa shape index (κ3) is 5.60. The lowest BCUT2D eigenvalue weighted by atomic mass is 9.73. The maximum Gasteiger partial charge on any atom is 0.303 e. The number of carbonyl (C=O) groups is 3. The minimum Gasteiger partial charge on any atom is -0.359 e. The van der Waals surface area contributed by atoms with Gasteiger partial charge in [0.2, 0.25) is 5.91 Å². The van der Waals surface area contributed by atoms with Gasteiger partial charge in [0.15, 0.2) is 0 Å². The number of carbonyl (C=O) groups excluding carboxylic acids is 3. The Morgan fingerprint density at radius 3 is 2.34 bits per heavy atom. The van der Waals surface area contributed by atoms with E-state index in [9.17, 15) is 22.8 Å². The average molecular weight is 580 g/mol. The first-order valence-corrected chi connectivity index (χ1v) is 15.4. The second kappa shape index (κ2) is 11.3. The van der Waals surface area contributed by atoms with Crippen LogP contribution in [0.2, 0.25) is 0 Å². The molecule has 5 rings (SSSR count). The molecule has 41 heavy (non-hydrogen) atoms. The minimum absolute atomic E-state index is 0.0688. The van der Waals surface area contributed by atoms with Crippen LogP contribution >= 0.6 is 0 Å². The Morgan fingerprint density at radius 1 is 0.951 bits per heavy atom. The van der Waals surface area contributed by atoms with Crippen molar-refractivity contribution < 1.29 is 22.8 Å². The fraction of sp³-hybridized carbons (Fsp3) is 0.433. The van der Waals surface area contributed by atoms with Gasteiger partial charge < -0.3 is 4.90 Å². The third-order valence-corrected chi connectivity index (χ3v) is 9.79. The van der Waals surface area contributed by atoms with Gasteiger partial charge in [-0.2, -0.15) is 12.7 Å². The molecule has 218 valence electrons. The van der Waals surface area contributed by atoms with Gasteiger partial charge in [-0.15, -0.1) is 0 Å². The van der Waals surface area contributed by atoms with Gasteiger partial charge in [-0.1, -0.05) is 49.6 Å². The van der Waals surface area contributed by atoms with Gasteiger partial charge in [-0.25, -0.2) is 4.72 Å². The molecule has 2 aliphatic heterocycles. The molecule has 2 aromatic rings. The normalized spacial score (nSPS) is 20.3. The molecule has 3 amide bonds. The quantitative estimate of drug-likeness (QED) is 0.525. The van der Waals surface area contributed by atoms with Crippen LogP contribution in [0.25, 0.3) is 6.08 Å². The molecule has 0 saturated heterocycles. The second-order valence-corrected chi connectivity index (χ2v) is 13.2. The van der Waals surface area contributed by atoms with Crippen LogP contribution in [0, 0.1) is 5.92 Å². The summed E-state index contributed by atoms with van der Waals surface area (Å²) in [6, 6.07) is 13.4. The van der Waals surface area contributed by atoms with Crippen LogP contribution in [0.3, 0.4) is 0 Å². The van der Waals surface area contributed by atoms with Crippen molar-refractivity contribution in [1.82, 2.24) is 19.5 Å². The van der Waals surface area contributed by atoms with Crippen molar-refractivity contribution in [2.75, 3.05) is 32.6 Å². The lowest BCUT2D eigenvalue weighted by molar-refractivity contribution is -0.135. The van der Waals surface area contributed by atoms with Gasteiger partial charge in [0, 0.05) is 57.4 Å². The van der Waals surface area contributed by atoms with Gasteiger partial charge in [0.25, 0.3) is 11.8 Å². The van der Waals surface area contributed by atoms with E-state index in [1.807, 2.05) is 30.3 Å². The molecule has 2 heterocycles. The summed E-state index contributed by atoms with van der Waals surface area (Å²) < 4.78 is 27.8. The monoisotopic (exact) mass is 579 g/mol. The summed E-state index contributed by atoms with van der Waals surface area (Å²) in [5.41, 5.74) is 7.24. The van der Waals surface area contributed by atoms with Crippen LogP contribution in [-0.2, 0) is 19.8 Å². The molecule has 2 N–H and O–H groups in total. The first-order chi connectivity index (χ1) is 19.5. The fourth-order valence-electron chi connectivity index (χ4n) is 6.51. The molecule has 0 aromatic heterocycles. The van der Waals surface area contributed by atoms with E-state index in [0.29, 0.717) is 11.5 Å². The summed E-state index contributed by atoms with van der Waals surface area (Å²) in [6.45, 7) is 1.62. The highest BCUT2D eigenvalue weighted by Crippen LogP contribution is 2.56. The Hall–Kier alpha value is -3.70. The number of benzene rings is 2. The number of nitrogens with zero attached hydrogens (tertiary/aromatic N) is 3. The smallest absolute Gasteiger partial charge is 0.303 e. The Kier molecular flexibility index (Phi) is 7.93. The number of anilines is 1. The highest BCUT2D eigenvalue weighted by molar-refractivity contribution is 7.87. The summed E-state index contributed by atoms with van der Waals surface area (Å²) in [5, 5.41) is 1.20. The molecule has 1 aliphatic carbocycles. The maximum absolute atomic E-state index is 13.6. The van der Waals surface area contributed by atoms with Crippen molar-refractivity contribution in [1.29, 1.82) is 0 Å². The first-order valence-electron chi connectivity index (χ1n) is 14.0. The van der Waals surface area contributed by atoms with Crippen molar-refractivity contribution in [2.24, 2.45) is 5.92 Å². The number of amides is 3. The molecule has 1 fully saturated rings. The Labute approximate surface area is 241 Å². The van der Waals surface area contributed by atoms with Crippen LogP contribution in [-0.4, -0.2) is 63.1 Å². The zero-order chi connectivity index (χ0) is 29.5. The van der Waals surface area contributed by atoms with Crippen molar-refractivity contribution in [3.05, 3.63) is 70.3 Å². The van der Waals surface area contributed by atoms with E-state index in [1.54, 1.807) is 12.1 Å². The second-order valence-electron chi connectivity index (χ2n) is 11.3. The standard InChI is InChI=1S/C30H37N5O5S/c1-19(36)31-34(4)30(38)23-16-21-12-8-9-13-24(21)28-27(20-10-6-5-7-11-20)25-15-14-22(17-26(25)35(28)18-23)29(37)32-41(39,40)33(2)3/h8-9,12-17,20,27-28H,5-7,10-11,18H2,1-4H3,(H,31,36)(H,32,37). The SMILES string of the molecule is CC(=O)NN(C)C(=O)C1=Cc2ccccc2C2C(C3CCCCC3)c3ccc(C(=O)NS(=O)(=O)N(C)C)cc3N2C1.